The number of hydrogen-bond donors (Lipinski definition) is 1. The summed E-state index contributed by atoms with van der Waals surface area (Å²) in [6.45, 7) is 0.620. The number of carbonyl (C=O) groups is 1. The molecule has 1 aliphatic rings. The molecule has 1 saturated carbocycles. The number of ether oxygens (including phenoxy) is 1. The maximum Gasteiger partial charge on any atom is 0.251 e. The van der Waals surface area contributed by atoms with Crippen LogP contribution in [0.5, 0.6) is 5.75 Å². The molecule has 0 heterocycles. The minimum Gasteiger partial charge on any atom is -0.496 e. The van der Waals surface area contributed by atoms with E-state index >= 15 is 0 Å². The quantitative estimate of drug-likeness (QED) is 0.911. The molecule has 0 spiro atoms. The molecule has 4 heteroatoms. The van der Waals surface area contributed by atoms with Crippen LogP contribution in [0.3, 0.4) is 0 Å². The predicted molar refractivity (Wildman–Crippen MR) is 87.7 cm³/mol. The van der Waals surface area contributed by atoms with Gasteiger partial charge in [-0.05, 0) is 43.2 Å². The van der Waals surface area contributed by atoms with Crippen LogP contribution in [0, 0.1) is 0 Å². The zero-order valence-corrected chi connectivity index (χ0v) is 13.2. The summed E-state index contributed by atoms with van der Waals surface area (Å²) in [5, 5.41) is 3.66. The minimum absolute atomic E-state index is 0.00862. The summed E-state index contributed by atoms with van der Waals surface area (Å²) in [5.74, 6) is 0.818. The van der Waals surface area contributed by atoms with Gasteiger partial charge in [0.15, 0.2) is 0 Å². The van der Waals surface area contributed by atoms with E-state index in [1.165, 1.54) is 5.56 Å². The first-order valence-corrected chi connectivity index (χ1v) is 7.70. The van der Waals surface area contributed by atoms with E-state index in [9.17, 15) is 4.79 Å². The summed E-state index contributed by atoms with van der Waals surface area (Å²) in [6.07, 6.45) is 2.13. The van der Waals surface area contributed by atoms with Gasteiger partial charge in [-0.3, -0.25) is 4.79 Å². The van der Waals surface area contributed by atoms with E-state index < -0.39 is 0 Å². The summed E-state index contributed by atoms with van der Waals surface area (Å²) in [4.78, 5) is 12.2. The highest BCUT2D eigenvalue weighted by Crippen LogP contribution is 2.50. The highest BCUT2D eigenvalue weighted by atomic mass is 35.5. The van der Waals surface area contributed by atoms with Crippen LogP contribution >= 0.6 is 11.6 Å². The van der Waals surface area contributed by atoms with Crippen molar-refractivity contribution in [1.29, 1.82) is 0 Å². The molecule has 114 valence electrons. The van der Waals surface area contributed by atoms with Gasteiger partial charge < -0.3 is 10.1 Å². The minimum atomic E-state index is -0.0714. The summed E-state index contributed by atoms with van der Waals surface area (Å²) >= 11 is 5.84. The Morgan fingerprint density at radius 3 is 2.50 bits per heavy atom. The molecule has 1 amide bonds. The monoisotopic (exact) mass is 315 g/mol. The van der Waals surface area contributed by atoms with Crippen LogP contribution in [-0.4, -0.2) is 19.6 Å². The zero-order valence-electron chi connectivity index (χ0n) is 12.4. The normalized spacial score (nSPS) is 15.2. The second-order valence-corrected chi connectivity index (χ2v) is 6.11. The molecule has 1 aliphatic carbocycles. The number of hydrogen-bond acceptors (Lipinski definition) is 2. The predicted octanol–water partition coefficient (Wildman–Crippen LogP) is 3.81. The van der Waals surface area contributed by atoms with Gasteiger partial charge in [0.1, 0.15) is 5.75 Å². The van der Waals surface area contributed by atoms with Crippen LogP contribution in [0.4, 0.5) is 0 Å². The van der Waals surface area contributed by atoms with Gasteiger partial charge in [0.05, 0.1) is 7.11 Å². The summed E-state index contributed by atoms with van der Waals surface area (Å²) in [6, 6.07) is 15.0. The molecule has 2 aromatic rings. The lowest BCUT2D eigenvalue weighted by Gasteiger charge is -2.19. The number of rotatable bonds is 5. The van der Waals surface area contributed by atoms with Crippen LogP contribution in [0.1, 0.15) is 28.8 Å². The van der Waals surface area contributed by atoms with E-state index in [1.54, 1.807) is 31.4 Å². The van der Waals surface area contributed by atoms with E-state index in [0.717, 1.165) is 18.6 Å². The Bertz CT molecular complexity index is 678. The third kappa shape index (κ3) is 2.95. The Kier molecular flexibility index (Phi) is 4.08. The van der Waals surface area contributed by atoms with Crippen molar-refractivity contribution in [3.63, 3.8) is 0 Å². The van der Waals surface area contributed by atoms with Crippen LogP contribution in [-0.2, 0) is 5.41 Å². The smallest absolute Gasteiger partial charge is 0.251 e. The van der Waals surface area contributed by atoms with E-state index in [2.05, 4.69) is 11.4 Å². The number of nitrogens with one attached hydrogen (secondary N) is 1. The first-order chi connectivity index (χ1) is 10.6. The zero-order chi connectivity index (χ0) is 15.6. The van der Waals surface area contributed by atoms with Crippen molar-refractivity contribution in [3.05, 3.63) is 64.7 Å². The van der Waals surface area contributed by atoms with Crippen molar-refractivity contribution in [3.8, 4) is 5.75 Å². The van der Waals surface area contributed by atoms with Gasteiger partial charge in [0.2, 0.25) is 0 Å². The van der Waals surface area contributed by atoms with E-state index in [1.807, 2.05) is 18.2 Å². The number of halogens is 1. The molecule has 0 radical (unpaired) electrons. The fraction of sp³-hybridized carbons (Fsp3) is 0.278. The maximum absolute atomic E-state index is 12.2. The van der Waals surface area contributed by atoms with Gasteiger partial charge in [0, 0.05) is 28.1 Å². The van der Waals surface area contributed by atoms with Gasteiger partial charge in [-0.1, -0.05) is 29.8 Å². The Labute approximate surface area is 135 Å². The topological polar surface area (TPSA) is 38.3 Å². The van der Waals surface area contributed by atoms with Crippen LogP contribution in [0.15, 0.2) is 48.5 Å². The fourth-order valence-corrected chi connectivity index (χ4v) is 2.85. The molecular weight excluding hydrogens is 298 g/mol. The molecule has 1 N–H and O–H groups in total. The molecule has 0 bridgehead atoms. The standard InChI is InChI=1S/C18H18ClNO2/c1-22-16-5-3-2-4-15(16)18(10-11-18)12-20-17(21)13-6-8-14(19)9-7-13/h2-9H,10-12H2,1H3,(H,20,21). The first kappa shape index (κ1) is 14.9. The van der Waals surface area contributed by atoms with Crippen LogP contribution in [0.25, 0.3) is 0 Å². The number of methoxy groups -OCH3 is 1. The van der Waals surface area contributed by atoms with Gasteiger partial charge in [-0.15, -0.1) is 0 Å². The molecule has 22 heavy (non-hydrogen) atoms. The van der Waals surface area contributed by atoms with Gasteiger partial charge in [0.25, 0.3) is 5.91 Å². The van der Waals surface area contributed by atoms with Gasteiger partial charge in [-0.2, -0.15) is 0 Å². The number of benzene rings is 2. The largest absolute Gasteiger partial charge is 0.496 e. The molecule has 3 nitrogen and oxygen atoms in total. The van der Waals surface area contributed by atoms with Crippen molar-refractivity contribution in [2.24, 2.45) is 0 Å². The first-order valence-electron chi connectivity index (χ1n) is 7.32. The van der Waals surface area contributed by atoms with Crippen molar-refractivity contribution < 1.29 is 9.53 Å². The Morgan fingerprint density at radius 2 is 1.86 bits per heavy atom. The van der Waals surface area contributed by atoms with Crippen molar-refractivity contribution in [2.45, 2.75) is 18.3 Å². The molecule has 2 aromatic carbocycles. The lowest BCUT2D eigenvalue weighted by molar-refractivity contribution is 0.0949. The second kappa shape index (κ2) is 6.01. The van der Waals surface area contributed by atoms with Gasteiger partial charge in [-0.25, -0.2) is 0 Å². The van der Waals surface area contributed by atoms with Crippen LogP contribution < -0.4 is 10.1 Å². The summed E-state index contributed by atoms with van der Waals surface area (Å²) in [7, 11) is 1.68. The second-order valence-electron chi connectivity index (χ2n) is 5.67. The highest BCUT2D eigenvalue weighted by Gasteiger charge is 2.46. The maximum atomic E-state index is 12.2. The summed E-state index contributed by atoms with van der Waals surface area (Å²) in [5.41, 5.74) is 1.81. The van der Waals surface area contributed by atoms with E-state index in [0.29, 0.717) is 17.1 Å². The SMILES string of the molecule is COc1ccccc1C1(CNC(=O)c2ccc(Cl)cc2)CC1. The molecule has 0 atom stereocenters. The van der Waals surface area contributed by atoms with Crippen molar-refractivity contribution in [1.82, 2.24) is 5.32 Å². The lowest BCUT2D eigenvalue weighted by Crippen LogP contribution is -2.32. The average Bonchev–Trinajstić information content (AvgIpc) is 3.34. The highest BCUT2D eigenvalue weighted by molar-refractivity contribution is 6.30. The molecule has 0 aliphatic heterocycles. The molecule has 3 rings (SSSR count). The van der Waals surface area contributed by atoms with Crippen molar-refractivity contribution in [2.75, 3.05) is 13.7 Å². The van der Waals surface area contributed by atoms with Gasteiger partial charge >= 0.3 is 0 Å². The lowest BCUT2D eigenvalue weighted by atomic mass is 9.94. The third-order valence-corrected chi connectivity index (χ3v) is 4.48. The fourth-order valence-electron chi connectivity index (χ4n) is 2.73. The Balaban J connectivity index is 1.70. The molecule has 0 unspecified atom stereocenters. The number of carbonyl (C=O) groups excluding carboxylic acids is 1. The number of amides is 1. The molecule has 0 saturated heterocycles. The Morgan fingerprint density at radius 1 is 1.18 bits per heavy atom. The van der Waals surface area contributed by atoms with E-state index in [4.69, 9.17) is 16.3 Å². The van der Waals surface area contributed by atoms with Crippen molar-refractivity contribution >= 4 is 17.5 Å². The molecule has 0 aromatic heterocycles. The molecule has 1 fully saturated rings. The average molecular weight is 316 g/mol. The summed E-state index contributed by atoms with van der Waals surface area (Å²) < 4.78 is 5.45. The number of para-hydroxylation sites is 1. The van der Waals surface area contributed by atoms with Crippen LogP contribution in [0.2, 0.25) is 5.02 Å². The third-order valence-electron chi connectivity index (χ3n) is 4.23. The Hall–Kier alpha value is -2.00. The van der Waals surface area contributed by atoms with E-state index in [-0.39, 0.29) is 11.3 Å². The molecular formula is C18H18ClNO2.